The number of aryl methyl sites for hydroxylation is 1. The van der Waals surface area contributed by atoms with E-state index in [0.29, 0.717) is 16.1 Å². The van der Waals surface area contributed by atoms with Crippen molar-refractivity contribution in [2.24, 2.45) is 0 Å². The number of halogens is 1. The lowest BCUT2D eigenvalue weighted by atomic mass is 10.3. The topological polar surface area (TPSA) is 55.1 Å². The quantitative estimate of drug-likeness (QED) is 0.920. The second kappa shape index (κ2) is 4.49. The maximum atomic E-state index is 11.8. The molecule has 0 unspecified atom stereocenters. The zero-order chi connectivity index (χ0) is 11.5. The Labute approximate surface area is 101 Å². The molecule has 0 saturated heterocycles. The molecule has 16 heavy (non-hydrogen) atoms. The van der Waals surface area contributed by atoms with Crippen molar-refractivity contribution in [1.29, 1.82) is 0 Å². The Balaban J connectivity index is 2.17. The Morgan fingerprint density at radius 3 is 2.88 bits per heavy atom. The van der Waals surface area contributed by atoms with E-state index >= 15 is 0 Å². The molecule has 1 amide bonds. The molecule has 0 atom stereocenters. The number of rotatable bonds is 2. The minimum Gasteiger partial charge on any atom is -0.457 e. The third-order valence-electron chi connectivity index (χ3n) is 1.99. The van der Waals surface area contributed by atoms with Gasteiger partial charge in [-0.3, -0.25) is 4.79 Å². The first-order valence-corrected chi connectivity index (χ1v) is 5.44. The molecule has 5 heteroatoms. The molecule has 2 aromatic heterocycles. The third kappa shape index (κ3) is 2.30. The molecular weight excluding hydrogens is 272 g/mol. The summed E-state index contributed by atoms with van der Waals surface area (Å²) in [4.78, 5) is 15.9. The maximum Gasteiger partial charge on any atom is 0.261 e. The van der Waals surface area contributed by atoms with Gasteiger partial charge in [0.15, 0.2) is 4.67 Å². The van der Waals surface area contributed by atoms with Gasteiger partial charge >= 0.3 is 0 Å². The van der Waals surface area contributed by atoms with Crippen molar-refractivity contribution in [3.8, 4) is 0 Å². The average molecular weight is 281 g/mol. The van der Waals surface area contributed by atoms with E-state index < -0.39 is 0 Å². The second-order valence-corrected chi connectivity index (χ2v) is 3.95. The summed E-state index contributed by atoms with van der Waals surface area (Å²) in [6.45, 7) is 1.86. The van der Waals surface area contributed by atoms with E-state index in [2.05, 4.69) is 26.2 Å². The maximum absolute atomic E-state index is 11.8. The number of furan rings is 1. The first kappa shape index (κ1) is 10.9. The van der Waals surface area contributed by atoms with E-state index in [0.717, 1.165) is 5.69 Å². The fourth-order valence-corrected chi connectivity index (χ4v) is 1.67. The summed E-state index contributed by atoms with van der Waals surface area (Å²) < 4.78 is 5.40. The van der Waals surface area contributed by atoms with Gasteiger partial charge in [0.2, 0.25) is 0 Å². The summed E-state index contributed by atoms with van der Waals surface area (Å²) in [5.41, 5.74) is 1.30. The molecule has 0 spiro atoms. The van der Waals surface area contributed by atoms with Gasteiger partial charge in [-0.25, -0.2) is 4.98 Å². The van der Waals surface area contributed by atoms with Crippen LogP contribution in [0, 0.1) is 6.92 Å². The summed E-state index contributed by atoms with van der Waals surface area (Å²) in [6.07, 6.45) is 1.45. The molecule has 0 aliphatic heterocycles. The first-order chi connectivity index (χ1) is 7.66. The molecule has 0 aliphatic carbocycles. The lowest BCUT2D eigenvalue weighted by molar-refractivity contribution is 0.102. The fourth-order valence-electron chi connectivity index (χ4n) is 1.25. The SMILES string of the molecule is Cc1cccc(NC(=O)c2ccoc2Br)n1. The number of hydrogen-bond donors (Lipinski definition) is 1. The van der Waals surface area contributed by atoms with Gasteiger partial charge in [0.05, 0.1) is 11.8 Å². The van der Waals surface area contributed by atoms with Crippen molar-refractivity contribution < 1.29 is 9.21 Å². The van der Waals surface area contributed by atoms with Crippen LogP contribution in [-0.4, -0.2) is 10.9 Å². The number of pyridine rings is 1. The number of nitrogens with one attached hydrogen (secondary N) is 1. The second-order valence-electron chi connectivity index (χ2n) is 3.23. The van der Waals surface area contributed by atoms with Crippen molar-refractivity contribution in [2.75, 3.05) is 5.32 Å². The summed E-state index contributed by atoms with van der Waals surface area (Å²) in [5.74, 6) is 0.275. The Hall–Kier alpha value is -1.62. The van der Waals surface area contributed by atoms with E-state index in [1.54, 1.807) is 12.1 Å². The summed E-state index contributed by atoms with van der Waals surface area (Å²) in [6, 6.07) is 7.03. The molecule has 0 aliphatic rings. The third-order valence-corrected chi connectivity index (χ3v) is 2.61. The number of anilines is 1. The van der Waals surface area contributed by atoms with Crippen molar-refractivity contribution in [3.05, 3.63) is 46.5 Å². The Kier molecular flexibility index (Phi) is 3.05. The van der Waals surface area contributed by atoms with Gasteiger partial charge in [-0.1, -0.05) is 6.07 Å². The number of carbonyl (C=O) groups is 1. The van der Waals surface area contributed by atoms with Crippen LogP contribution in [0.25, 0.3) is 0 Å². The van der Waals surface area contributed by atoms with Crippen molar-refractivity contribution >= 4 is 27.7 Å². The largest absolute Gasteiger partial charge is 0.457 e. The van der Waals surface area contributed by atoms with Crippen LogP contribution in [-0.2, 0) is 0 Å². The fraction of sp³-hybridized carbons (Fsp3) is 0.0909. The Morgan fingerprint density at radius 1 is 1.44 bits per heavy atom. The number of amides is 1. The standard InChI is InChI=1S/C11H9BrN2O2/c1-7-3-2-4-9(13-7)14-11(15)8-5-6-16-10(8)12/h2-6H,1H3,(H,13,14,15). The van der Waals surface area contributed by atoms with Crippen molar-refractivity contribution in [1.82, 2.24) is 4.98 Å². The number of carbonyl (C=O) groups excluding carboxylic acids is 1. The highest BCUT2D eigenvalue weighted by Gasteiger charge is 2.12. The van der Waals surface area contributed by atoms with Crippen LogP contribution < -0.4 is 5.32 Å². The highest BCUT2D eigenvalue weighted by Crippen LogP contribution is 2.18. The molecular formula is C11H9BrN2O2. The molecule has 4 nitrogen and oxygen atoms in total. The Morgan fingerprint density at radius 2 is 2.25 bits per heavy atom. The van der Waals surface area contributed by atoms with Gasteiger partial charge in [0.1, 0.15) is 5.82 Å². The number of hydrogen-bond acceptors (Lipinski definition) is 3. The molecule has 0 saturated carbocycles. The highest BCUT2D eigenvalue weighted by atomic mass is 79.9. The van der Waals surface area contributed by atoms with Gasteiger partial charge in [-0.2, -0.15) is 0 Å². The minimum absolute atomic E-state index is 0.251. The van der Waals surface area contributed by atoms with E-state index in [1.807, 2.05) is 19.1 Å². The first-order valence-electron chi connectivity index (χ1n) is 4.65. The monoisotopic (exact) mass is 280 g/mol. The predicted octanol–water partition coefficient (Wildman–Crippen LogP) is 3.00. The normalized spacial score (nSPS) is 10.1. The number of nitrogens with zero attached hydrogens (tertiary/aromatic N) is 1. The summed E-state index contributed by atoms with van der Waals surface area (Å²) >= 11 is 3.15. The molecule has 0 bridgehead atoms. The van der Waals surface area contributed by atoms with E-state index in [4.69, 9.17) is 4.42 Å². The van der Waals surface area contributed by atoms with Crippen LogP contribution in [0.2, 0.25) is 0 Å². The zero-order valence-electron chi connectivity index (χ0n) is 8.53. The minimum atomic E-state index is -0.251. The smallest absolute Gasteiger partial charge is 0.261 e. The molecule has 1 N–H and O–H groups in total. The molecule has 2 aromatic rings. The van der Waals surface area contributed by atoms with Gasteiger partial charge < -0.3 is 9.73 Å². The molecule has 82 valence electrons. The average Bonchev–Trinajstić information content (AvgIpc) is 2.64. The molecule has 0 fully saturated rings. The van der Waals surface area contributed by atoms with Crippen LogP contribution in [0.15, 0.2) is 39.6 Å². The molecule has 2 heterocycles. The van der Waals surface area contributed by atoms with Gasteiger partial charge in [0, 0.05) is 5.69 Å². The highest BCUT2D eigenvalue weighted by molar-refractivity contribution is 9.10. The molecule has 0 radical (unpaired) electrons. The number of aromatic nitrogens is 1. The van der Waals surface area contributed by atoms with Crippen LogP contribution >= 0.6 is 15.9 Å². The van der Waals surface area contributed by atoms with Crippen LogP contribution in [0.5, 0.6) is 0 Å². The van der Waals surface area contributed by atoms with Crippen LogP contribution in [0.4, 0.5) is 5.82 Å². The zero-order valence-corrected chi connectivity index (χ0v) is 10.1. The summed E-state index contributed by atoms with van der Waals surface area (Å²) in [7, 11) is 0. The lowest BCUT2D eigenvalue weighted by Gasteiger charge is -2.03. The van der Waals surface area contributed by atoms with Gasteiger partial charge in [-0.05, 0) is 41.1 Å². The van der Waals surface area contributed by atoms with E-state index in [1.165, 1.54) is 6.26 Å². The molecule has 2 rings (SSSR count). The van der Waals surface area contributed by atoms with Gasteiger partial charge in [-0.15, -0.1) is 0 Å². The Bertz CT molecular complexity index is 522. The van der Waals surface area contributed by atoms with Crippen LogP contribution in [0.1, 0.15) is 16.1 Å². The van der Waals surface area contributed by atoms with Crippen LogP contribution in [0.3, 0.4) is 0 Å². The lowest BCUT2D eigenvalue weighted by Crippen LogP contribution is -2.12. The summed E-state index contributed by atoms with van der Waals surface area (Å²) in [5, 5.41) is 2.69. The van der Waals surface area contributed by atoms with E-state index in [-0.39, 0.29) is 5.91 Å². The van der Waals surface area contributed by atoms with Crippen molar-refractivity contribution in [2.45, 2.75) is 6.92 Å². The van der Waals surface area contributed by atoms with Gasteiger partial charge in [0.25, 0.3) is 5.91 Å². The molecule has 0 aromatic carbocycles. The predicted molar refractivity (Wildman–Crippen MR) is 63.3 cm³/mol. The van der Waals surface area contributed by atoms with Crippen molar-refractivity contribution in [3.63, 3.8) is 0 Å². The van der Waals surface area contributed by atoms with E-state index in [9.17, 15) is 4.79 Å².